The Balaban J connectivity index is 2.14. The number of nitro benzene ring substituents is 1. The zero-order valence-electron chi connectivity index (χ0n) is 16.3. The van der Waals surface area contributed by atoms with Crippen LogP contribution in [0.3, 0.4) is 0 Å². The highest BCUT2D eigenvalue weighted by Crippen LogP contribution is 2.30. The monoisotopic (exact) mass is 411 g/mol. The summed E-state index contributed by atoms with van der Waals surface area (Å²) in [5.74, 6) is -0.458. The van der Waals surface area contributed by atoms with Gasteiger partial charge in [-0.05, 0) is 45.6 Å². The molecule has 0 saturated heterocycles. The molecule has 0 spiro atoms. The standard InChI is InChI=1S/C19H26ClN3O5/c1-19(2,3)28-18(25)21-11-14(12-7-4-5-8-12)22-17(24)16-13(20)9-6-10-15(16)23(26)27/h6,9-10,12,14H,4-5,7-8,11H2,1-3H3,(H,21,25)(H,22,24). The number of rotatable bonds is 6. The molecule has 0 bridgehead atoms. The highest BCUT2D eigenvalue weighted by molar-refractivity contribution is 6.34. The number of benzene rings is 1. The largest absolute Gasteiger partial charge is 0.444 e. The normalized spacial score (nSPS) is 15.7. The first-order valence-electron chi connectivity index (χ1n) is 9.29. The van der Waals surface area contributed by atoms with Gasteiger partial charge < -0.3 is 15.4 Å². The van der Waals surface area contributed by atoms with Crippen molar-refractivity contribution < 1.29 is 19.2 Å². The number of hydrogen-bond acceptors (Lipinski definition) is 5. The first-order chi connectivity index (χ1) is 13.1. The van der Waals surface area contributed by atoms with Crippen LogP contribution in [0.15, 0.2) is 18.2 Å². The third kappa shape index (κ3) is 6.09. The van der Waals surface area contributed by atoms with Gasteiger partial charge in [0.1, 0.15) is 11.2 Å². The second-order valence-corrected chi connectivity index (χ2v) is 8.31. The van der Waals surface area contributed by atoms with Gasteiger partial charge in [0.25, 0.3) is 11.6 Å². The van der Waals surface area contributed by atoms with Crippen molar-refractivity contribution in [3.8, 4) is 0 Å². The molecule has 1 aliphatic rings. The minimum atomic E-state index is -0.635. The summed E-state index contributed by atoms with van der Waals surface area (Å²) in [5.41, 5.74) is -1.15. The van der Waals surface area contributed by atoms with E-state index < -0.39 is 22.5 Å². The molecule has 28 heavy (non-hydrogen) atoms. The van der Waals surface area contributed by atoms with Gasteiger partial charge in [0, 0.05) is 18.7 Å². The molecule has 1 aromatic carbocycles. The smallest absolute Gasteiger partial charge is 0.407 e. The number of ether oxygens (including phenoxy) is 1. The van der Waals surface area contributed by atoms with Crippen molar-refractivity contribution in [2.24, 2.45) is 5.92 Å². The minimum Gasteiger partial charge on any atom is -0.444 e. The van der Waals surface area contributed by atoms with Gasteiger partial charge in [-0.25, -0.2) is 4.79 Å². The zero-order valence-corrected chi connectivity index (χ0v) is 17.0. The van der Waals surface area contributed by atoms with E-state index in [9.17, 15) is 19.7 Å². The lowest BCUT2D eigenvalue weighted by molar-refractivity contribution is -0.385. The number of nitrogens with zero attached hydrogens (tertiary/aromatic N) is 1. The van der Waals surface area contributed by atoms with Gasteiger partial charge in [-0.15, -0.1) is 0 Å². The maximum Gasteiger partial charge on any atom is 0.407 e. The zero-order chi connectivity index (χ0) is 20.9. The van der Waals surface area contributed by atoms with Crippen molar-refractivity contribution >= 4 is 29.3 Å². The number of carbonyl (C=O) groups excluding carboxylic acids is 2. The number of carbonyl (C=O) groups is 2. The topological polar surface area (TPSA) is 111 Å². The Morgan fingerprint density at radius 2 is 1.96 bits per heavy atom. The minimum absolute atomic E-state index is 0.0111. The van der Waals surface area contributed by atoms with Crippen LogP contribution in [0.25, 0.3) is 0 Å². The molecule has 0 radical (unpaired) electrons. The molecule has 2 rings (SSSR count). The van der Waals surface area contributed by atoms with Crippen LogP contribution >= 0.6 is 11.6 Å². The summed E-state index contributed by atoms with van der Waals surface area (Å²) in [7, 11) is 0. The molecule has 2 N–H and O–H groups in total. The summed E-state index contributed by atoms with van der Waals surface area (Å²) in [6.07, 6.45) is 3.32. The molecule has 2 amide bonds. The molecular weight excluding hydrogens is 386 g/mol. The quantitative estimate of drug-likeness (QED) is 0.541. The van der Waals surface area contributed by atoms with E-state index in [4.69, 9.17) is 16.3 Å². The van der Waals surface area contributed by atoms with Crippen LogP contribution in [0, 0.1) is 16.0 Å². The fourth-order valence-electron chi connectivity index (χ4n) is 3.33. The van der Waals surface area contributed by atoms with Crippen molar-refractivity contribution in [3.05, 3.63) is 38.9 Å². The Labute approximate surface area is 169 Å². The number of amides is 2. The van der Waals surface area contributed by atoms with Crippen molar-refractivity contribution in [1.29, 1.82) is 0 Å². The summed E-state index contributed by atoms with van der Waals surface area (Å²) in [6.45, 7) is 5.46. The van der Waals surface area contributed by atoms with Gasteiger partial charge in [0.15, 0.2) is 0 Å². The Morgan fingerprint density at radius 1 is 1.32 bits per heavy atom. The van der Waals surface area contributed by atoms with Crippen LogP contribution in [0.2, 0.25) is 5.02 Å². The maximum atomic E-state index is 12.8. The Hall–Kier alpha value is -2.35. The van der Waals surface area contributed by atoms with E-state index in [0.29, 0.717) is 0 Å². The van der Waals surface area contributed by atoms with Crippen LogP contribution in [-0.2, 0) is 4.74 Å². The Morgan fingerprint density at radius 3 is 2.54 bits per heavy atom. The summed E-state index contributed by atoms with van der Waals surface area (Å²) in [6, 6.07) is 3.73. The van der Waals surface area contributed by atoms with Gasteiger partial charge >= 0.3 is 6.09 Å². The number of halogens is 1. The molecule has 1 aromatic rings. The van der Waals surface area contributed by atoms with Crippen LogP contribution < -0.4 is 10.6 Å². The van der Waals surface area contributed by atoms with E-state index in [1.165, 1.54) is 18.2 Å². The average Bonchev–Trinajstić information content (AvgIpc) is 3.10. The van der Waals surface area contributed by atoms with Gasteiger partial charge in [0.05, 0.1) is 9.95 Å². The molecule has 1 aliphatic carbocycles. The highest BCUT2D eigenvalue weighted by Gasteiger charge is 2.31. The third-order valence-corrected chi connectivity index (χ3v) is 4.88. The Bertz CT molecular complexity index is 742. The highest BCUT2D eigenvalue weighted by atomic mass is 35.5. The number of nitrogens with one attached hydrogen (secondary N) is 2. The van der Waals surface area contributed by atoms with Crippen LogP contribution in [0.4, 0.5) is 10.5 Å². The second-order valence-electron chi connectivity index (χ2n) is 7.90. The van der Waals surface area contributed by atoms with Gasteiger partial charge in [-0.3, -0.25) is 14.9 Å². The summed E-state index contributed by atoms with van der Waals surface area (Å²) < 4.78 is 5.24. The van der Waals surface area contributed by atoms with Crippen molar-refractivity contribution in [3.63, 3.8) is 0 Å². The lowest BCUT2D eigenvalue weighted by atomic mass is 9.97. The molecule has 0 aliphatic heterocycles. The summed E-state index contributed by atoms with van der Waals surface area (Å²) >= 11 is 6.06. The van der Waals surface area contributed by atoms with E-state index in [-0.39, 0.29) is 34.8 Å². The molecule has 1 atom stereocenters. The molecule has 9 heteroatoms. The van der Waals surface area contributed by atoms with E-state index in [1.54, 1.807) is 20.8 Å². The second kappa shape index (κ2) is 9.23. The molecule has 1 fully saturated rings. The van der Waals surface area contributed by atoms with Crippen LogP contribution in [0.5, 0.6) is 0 Å². The van der Waals surface area contributed by atoms with E-state index in [2.05, 4.69) is 10.6 Å². The predicted molar refractivity (Wildman–Crippen MR) is 106 cm³/mol. The van der Waals surface area contributed by atoms with Crippen LogP contribution in [-0.4, -0.2) is 35.1 Å². The maximum absolute atomic E-state index is 12.8. The lowest BCUT2D eigenvalue weighted by Gasteiger charge is -2.26. The van der Waals surface area contributed by atoms with Gasteiger partial charge in [-0.1, -0.05) is 30.5 Å². The Kier molecular flexibility index (Phi) is 7.23. The fourth-order valence-corrected chi connectivity index (χ4v) is 3.59. The number of alkyl carbamates (subject to hydrolysis) is 1. The van der Waals surface area contributed by atoms with Crippen LogP contribution in [0.1, 0.15) is 56.8 Å². The summed E-state index contributed by atoms with van der Waals surface area (Å²) in [5, 5.41) is 16.8. The summed E-state index contributed by atoms with van der Waals surface area (Å²) in [4.78, 5) is 35.4. The first kappa shape index (κ1) is 21.9. The third-order valence-electron chi connectivity index (χ3n) is 4.57. The molecule has 1 unspecified atom stereocenters. The number of hydrogen-bond donors (Lipinski definition) is 2. The lowest BCUT2D eigenvalue weighted by Crippen LogP contribution is -2.48. The fraction of sp³-hybridized carbons (Fsp3) is 0.579. The van der Waals surface area contributed by atoms with E-state index in [0.717, 1.165) is 25.7 Å². The van der Waals surface area contributed by atoms with E-state index >= 15 is 0 Å². The average molecular weight is 412 g/mol. The molecule has 0 heterocycles. The van der Waals surface area contributed by atoms with E-state index in [1.807, 2.05) is 0 Å². The molecule has 0 aromatic heterocycles. The van der Waals surface area contributed by atoms with Crippen molar-refractivity contribution in [2.75, 3.05) is 6.54 Å². The number of nitro groups is 1. The first-order valence-corrected chi connectivity index (χ1v) is 9.67. The van der Waals surface area contributed by atoms with Gasteiger partial charge in [-0.2, -0.15) is 0 Å². The molecule has 8 nitrogen and oxygen atoms in total. The molecular formula is C19H26ClN3O5. The predicted octanol–water partition coefficient (Wildman–Crippen LogP) is 4.06. The molecule has 1 saturated carbocycles. The SMILES string of the molecule is CC(C)(C)OC(=O)NCC(NC(=O)c1c(Cl)cccc1[N+](=O)[O-])C1CCCC1. The molecule has 154 valence electrons. The van der Waals surface area contributed by atoms with Gasteiger partial charge in [0.2, 0.25) is 0 Å². The van der Waals surface area contributed by atoms with Crippen molar-refractivity contribution in [1.82, 2.24) is 10.6 Å². The van der Waals surface area contributed by atoms with Crippen molar-refractivity contribution in [2.45, 2.75) is 58.1 Å².